The van der Waals surface area contributed by atoms with E-state index in [0.29, 0.717) is 0 Å². The Morgan fingerprint density at radius 1 is 0.935 bits per heavy atom. The lowest BCUT2D eigenvalue weighted by Gasteiger charge is -2.05. The number of hydrogen-bond donors (Lipinski definition) is 2. The first-order valence-electron chi connectivity index (χ1n) is 9.17. The second-order valence-electron chi connectivity index (χ2n) is 6.20. The molecule has 0 saturated heterocycles. The zero-order valence-electron chi connectivity index (χ0n) is 16.5. The van der Waals surface area contributed by atoms with Crippen LogP contribution in [0, 0.1) is 0 Å². The molecule has 2 aromatic carbocycles. The van der Waals surface area contributed by atoms with Gasteiger partial charge in [0.2, 0.25) is 0 Å². The van der Waals surface area contributed by atoms with Gasteiger partial charge in [-0.15, -0.1) is 0 Å². The maximum absolute atomic E-state index is 9.10. The highest BCUT2D eigenvalue weighted by atomic mass is 16.5. The first-order chi connectivity index (χ1) is 15.0. The molecule has 156 valence electrons. The van der Waals surface area contributed by atoms with E-state index in [2.05, 4.69) is 15.6 Å². The standard InChI is InChI=1S/C21H17N3O.C2H2O4/c1-25-17-8-6-7-16(15-17)12-13-21-23-18-9-2-3-10-19(18)24(21)20-11-4-5-14-22-20;3-1(4)2(5)6/h2-15H,1H3;(H,3,4)(H,5,6). The largest absolute Gasteiger partial charge is 0.497 e. The normalized spacial score (nSPS) is 10.5. The molecule has 2 N–H and O–H groups in total. The number of carboxylic acids is 2. The van der Waals surface area contributed by atoms with Gasteiger partial charge in [-0.2, -0.15) is 0 Å². The summed E-state index contributed by atoms with van der Waals surface area (Å²) in [7, 11) is 1.67. The molecule has 2 heterocycles. The number of benzene rings is 2. The Balaban J connectivity index is 0.000000401. The van der Waals surface area contributed by atoms with Gasteiger partial charge < -0.3 is 14.9 Å². The highest BCUT2D eigenvalue weighted by molar-refractivity contribution is 6.27. The minimum Gasteiger partial charge on any atom is -0.497 e. The molecule has 8 nitrogen and oxygen atoms in total. The average Bonchev–Trinajstić information content (AvgIpc) is 3.17. The SMILES string of the molecule is COc1cccc(C=Cc2nc3ccccc3n2-c2ccccn2)c1.O=C(O)C(=O)O. The third-order valence-corrected chi connectivity index (χ3v) is 4.17. The third kappa shape index (κ3) is 5.33. The summed E-state index contributed by atoms with van der Waals surface area (Å²) >= 11 is 0. The molecule has 4 rings (SSSR count). The fourth-order valence-corrected chi connectivity index (χ4v) is 2.80. The number of hydrogen-bond acceptors (Lipinski definition) is 5. The van der Waals surface area contributed by atoms with Crippen molar-refractivity contribution in [3.63, 3.8) is 0 Å². The van der Waals surface area contributed by atoms with Gasteiger partial charge in [0.25, 0.3) is 0 Å². The molecule has 0 saturated carbocycles. The smallest absolute Gasteiger partial charge is 0.414 e. The van der Waals surface area contributed by atoms with E-state index in [-0.39, 0.29) is 0 Å². The number of ether oxygens (including phenoxy) is 1. The lowest BCUT2D eigenvalue weighted by atomic mass is 10.2. The first kappa shape index (κ1) is 21.3. The Hall–Kier alpha value is -4.46. The number of carboxylic acid groups (broad SMARTS) is 2. The van der Waals surface area contributed by atoms with Crippen LogP contribution in [0.5, 0.6) is 5.75 Å². The van der Waals surface area contributed by atoms with Crippen molar-refractivity contribution in [3.05, 3.63) is 84.3 Å². The number of rotatable bonds is 4. The molecular formula is C23H19N3O5. The van der Waals surface area contributed by atoms with E-state index in [1.54, 1.807) is 13.3 Å². The third-order valence-electron chi connectivity index (χ3n) is 4.17. The Morgan fingerprint density at radius 2 is 1.68 bits per heavy atom. The summed E-state index contributed by atoms with van der Waals surface area (Å²) in [6.07, 6.45) is 5.83. The number of aromatic nitrogens is 3. The summed E-state index contributed by atoms with van der Waals surface area (Å²) < 4.78 is 7.34. The van der Waals surface area contributed by atoms with E-state index in [0.717, 1.165) is 34.0 Å². The van der Waals surface area contributed by atoms with Crippen LogP contribution >= 0.6 is 0 Å². The monoisotopic (exact) mass is 417 g/mol. The highest BCUT2D eigenvalue weighted by Crippen LogP contribution is 2.22. The summed E-state index contributed by atoms with van der Waals surface area (Å²) in [6, 6.07) is 21.9. The van der Waals surface area contributed by atoms with Crippen LogP contribution in [0.4, 0.5) is 0 Å². The molecule has 0 fully saturated rings. The second-order valence-corrected chi connectivity index (χ2v) is 6.20. The summed E-state index contributed by atoms with van der Waals surface area (Å²) in [5.41, 5.74) is 3.03. The number of imidazole rings is 1. The van der Waals surface area contributed by atoms with Crippen molar-refractivity contribution in [1.82, 2.24) is 14.5 Å². The van der Waals surface area contributed by atoms with Gasteiger partial charge in [0.05, 0.1) is 18.1 Å². The summed E-state index contributed by atoms with van der Waals surface area (Å²) in [5, 5.41) is 14.8. The quantitative estimate of drug-likeness (QED) is 0.486. The molecule has 0 atom stereocenters. The lowest BCUT2D eigenvalue weighted by molar-refractivity contribution is -0.159. The average molecular weight is 417 g/mol. The highest BCUT2D eigenvalue weighted by Gasteiger charge is 2.10. The maximum atomic E-state index is 9.10. The molecule has 0 aliphatic carbocycles. The number of methoxy groups -OCH3 is 1. The molecule has 4 aromatic rings. The topological polar surface area (TPSA) is 115 Å². The molecular weight excluding hydrogens is 398 g/mol. The van der Waals surface area contributed by atoms with Crippen LogP contribution in [-0.2, 0) is 9.59 Å². The predicted molar refractivity (Wildman–Crippen MR) is 116 cm³/mol. The molecule has 2 aromatic heterocycles. The number of nitrogens with zero attached hydrogens (tertiary/aromatic N) is 3. The Morgan fingerprint density at radius 3 is 2.35 bits per heavy atom. The van der Waals surface area contributed by atoms with Gasteiger partial charge >= 0.3 is 11.9 Å². The van der Waals surface area contributed by atoms with Gasteiger partial charge in [-0.25, -0.2) is 19.6 Å². The van der Waals surface area contributed by atoms with Gasteiger partial charge in [-0.05, 0) is 48.0 Å². The van der Waals surface area contributed by atoms with E-state index < -0.39 is 11.9 Å². The van der Waals surface area contributed by atoms with Crippen molar-refractivity contribution < 1.29 is 24.5 Å². The van der Waals surface area contributed by atoms with Crippen molar-refractivity contribution >= 4 is 35.1 Å². The van der Waals surface area contributed by atoms with Crippen LogP contribution in [0.15, 0.2) is 72.9 Å². The molecule has 0 radical (unpaired) electrons. The summed E-state index contributed by atoms with van der Waals surface area (Å²) in [6.45, 7) is 0. The number of pyridine rings is 1. The molecule has 0 unspecified atom stereocenters. The molecule has 0 aliphatic rings. The van der Waals surface area contributed by atoms with Gasteiger partial charge in [-0.3, -0.25) is 4.57 Å². The number of carbonyl (C=O) groups is 2. The molecule has 0 amide bonds. The van der Waals surface area contributed by atoms with Crippen molar-refractivity contribution in [2.75, 3.05) is 7.11 Å². The Kier molecular flexibility index (Phi) is 6.74. The number of aliphatic carboxylic acids is 2. The predicted octanol–water partition coefficient (Wildman–Crippen LogP) is 3.76. The van der Waals surface area contributed by atoms with E-state index in [9.17, 15) is 0 Å². The minimum atomic E-state index is -1.82. The van der Waals surface area contributed by atoms with Crippen LogP contribution in [0.25, 0.3) is 29.0 Å². The van der Waals surface area contributed by atoms with Gasteiger partial charge in [0, 0.05) is 6.20 Å². The first-order valence-corrected chi connectivity index (χ1v) is 9.17. The molecule has 0 spiro atoms. The van der Waals surface area contributed by atoms with E-state index >= 15 is 0 Å². The van der Waals surface area contributed by atoms with Crippen LogP contribution in [0.3, 0.4) is 0 Å². The minimum absolute atomic E-state index is 0.834. The number of para-hydroxylation sites is 2. The van der Waals surface area contributed by atoms with Crippen LogP contribution in [-0.4, -0.2) is 43.8 Å². The lowest BCUT2D eigenvalue weighted by Crippen LogP contribution is -2.09. The summed E-state index contributed by atoms with van der Waals surface area (Å²) in [4.78, 5) is 27.4. The van der Waals surface area contributed by atoms with Crippen LogP contribution < -0.4 is 4.74 Å². The van der Waals surface area contributed by atoms with Crippen molar-refractivity contribution in [2.24, 2.45) is 0 Å². The number of fused-ring (bicyclic) bond motifs is 1. The molecule has 0 aliphatic heterocycles. The van der Waals surface area contributed by atoms with Crippen molar-refractivity contribution in [2.45, 2.75) is 0 Å². The Bertz CT molecular complexity index is 1220. The maximum Gasteiger partial charge on any atom is 0.414 e. The zero-order valence-corrected chi connectivity index (χ0v) is 16.5. The molecule has 8 heteroatoms. The van der Waals surface area contributed by atoms with Crippen LogP contribution in [0.1, 0.15) is 11.4 Å². The van der Waals surface area contributed by atoms with Gasteiger partial charge in [-0.1, -0.05) is 36.4 Å². The fourth-order valence-electron chi connectivity index (χ4n) is 2.80. The Labute approximate surface area is 177 Å². The van der Waals surface area contributed by atoms with E-state index in [1.807, 2.05) is 72.8 Å². The van der Waals surface area contributed by atoms with Crippen molar-refractivity contribution in [3.8, 4) is 11.6 Å². The molecule has 31 heavy (non-hydrogen) atoms. The van der Waals surface area contributed by atoms with Crippen molar-refractivity contribution in [1.29, 1.82) is 0 Å². The molecule has 0 bridgehead atoms. The summed E-state index contributed by atoms with van der Waals surface area (Å²) in [5.74, 6) is -1.13. The second kappa shape index (κ2) is 9.84. The van der Waals surface area contributed by atoms with Gasteiger partial charge in [0.1, 0.15) is 17.4 Å². The van der Waals surface area contributed by atoms with E-state index in [1.165, 1.54) is 0 Å². The zero-order chi connectivity index (χ0) is 22.2. The van der Waals surface area contributed by atoms with Crippen LogP contribution in [0.2, 0.25) is 0 Å². The van der Waals surface area contributed by atoms with Gasteiger partial charge in [0.15, 0.2) is 0 Å². The van der Waals surface area contributed by atoms with E-state index in [4.69, 9.17) is 29.5 Å². The fraction of sp³-hybridized carbons (Fsp3) is 0.0435.